The van der Waals surface area contributed by atoms with E-state index in [9.17, 15) is 23.2 Å². The molecule has 152 valence electrons. The van der Waals surface area contributed by atoms with E-state index in [1.807, 2.05) is 0 Å². The lowest BCUT2D eigenvalue weighted by molar-refractivity contribution is 0.431. The highest BCUT2D eigenvalue weighted by molar-refractivity contribution is 7.87. The first-order valence-electron chi connectivity index (χ1n) is 7.89. The normalized spacial score (nSPS) is 13.8. The number of hydrogen-bond donors (Lipinski definition) is 3. The van der Waals surface area contributed by atoms with Gasteiger partial charge in [0.05, 0.1) is 10.0 Å². The predicted molar refractivity (Wildman–Crippen MR) is 114 cm³/mol. The second-order valence-electron chi connectivity index (χ2n) is 6.11. The Labute approximate surface area is 186 Å². The lowest BCUT2D eigenvalue weighted by Gasteiger charge is -2.34. The Bertz CT molecular complexity index is 1210. The van der Waals surface area contributed by atoms with E-state index in [0.29, 0.717) is 0 Å². The molecule has 3 aromatic rings. The summed E-state index contributed by atoms with van der Waals surface area (Å²) < 4.78 is 34.0. The van der Waals surface area contributed by atoms with Crippen molar-refractivity contribution in [2.24, 2.45) is 0 Å². The van der Waals surface area contributed by atoms with Crippen LogP contribution in [0.25, 0.3) is 0 Å². The fourth-order valence-electron chi connectivity index (χ4n) is 3.20. The van der Waals surface area contributed by atoms with Crippen LogP contribution in [0.5, 0.6) is 11.5 Å². The fraction of sp³-hybridized carbons (Fsp3) is 0.0526. The van der Waals surface area contributed by atoms with E-state index in [2.05, 4.69) is 0 Å². The summed E-state index contributed by atoms with van der Waals surface area (Å²) in [5, 5.41) is 20.3. The molecule has 0 aliphatic carbocycles. The Balaban J connectivity index is 2.61. The van der Waals surface area contributed by atoms with Gasteiger partial charge in [0, 0.05) is 27.2 Å². The SMILES string of the molecule is O=S(=O)(O)C(c1cccc(Cl)c1)(c1ccc(O)cc1O)c1cc(Cl)c(Cl)cc1Cl. The monoisotopic (exact) mass is 492 g/mol. The van der Waals surface area contributed by atoms with Crippen molar-refractivity contribution in [2.75, 3.05) is 0 Å². The number of phenols is 2. The van der Waals surface area contributed by atoms with Gasteiger partial charge in [0.1, 0.15) is 11.5 Å². The quantitative estimate of drug-likeness (QED) is 0.239. The summed E-state index contributed by atoms with van der Waals surface area (Å²) in [6.07, 6.45) is 0. The molecule has 0 saturated carbocycles. The molecule has 0 heterocycles. The van der Waals surface area contributed by atoms with Gasteiger partial charge in [-0.25, -0.2) is 0 Å². The summed E-state index contributed by atoms with van der Waals surface area (Å²) in [6.45, 7) is 0. The van der Waals surface area contributed by atoms with Gasteiger partial charge in [0.15, 0.2) is 4.75 Å². The Morgan fingerprint density at radius 1 is 0.759 bits per heavy atom. The number of halogens is 4. The third-order valence-electron chi connectivity index (χ3n) is 4.37. The van der Waals surface area contributed by atoms with E-state index in [0.717, 1.165) is 18.2 Å². The van der Waals surface area contributed by atoms with E-state index in [1.54, 1.807) is 0 Å². The molecule has 10 heteroatoms. The highest BCUT2D eigenvalue weighted by atomic mass is 35.5. The highest BCUT2D eigenvalue weighted by Crippen LogP contribution is 2.51. The zero-order valence-corrected chi connectivity index (χ0v) is 18.1. The summed E-state index contributed by atoms with van der Waals surface area (Å²) >= 11 is 24.5. The van der Waals surface area contributed by atoms with E-state index >= 15 is 0 Å². The molecular formula is C19H12Cl4O5S. The van der Waals surface area contributed by atoms with Crippen molar-refractivity contribution in [3.8, 4) is 11.5 Å². The second-order valence-corrected chi connectivity index (χ2v) is 9.33. The van der Waals surface area contributed by atoms with Crippen molar-refractivity contribution < 1.29 is 23.2 Å². The Kier molecular flexibility index (Phi) is 5.98. The molecular weight excluding hydrogens is 482 g/mol. The molecule has 0 radical (unpaired) electrons. The van der Waals surface area contributed by atoms with Crippen LogP contribution in [-0.4, -0.2) is 23.2 Å². The van der Waals surface area contributed by atoms with E-state index < -0.39 is 20.6 Å². The number of aromatic hydroxyl groups is 2. The van der Waals surface area contributed by atoms with Gasteiger partial charge in [0.2, 0.25) is 0 Å². The van der Waals surface area contributed by atoms with Crippen LogP contribution >= 0.6 is 46.4 Å². The minimum absolute atomic E-state index is 0.0196. The fourth-order valence-corrected chi connectivity index (χ4v) is 5.46. The Morgan fingerprint density at radius 2 is 1.41 bits per heavy atom. The molecule has 0 amide bonds. The molecule has 5 nitrogen and oxygen atoms in total. The van der Waals surface area contributed by atoms with Crippen molar-refractivity contribution in [1.29, 1.82) is 0 Å². The average Bonchev–Trinajstić information content (AvgIpc) is 2.60. The molecule has 0 bridgehead atoms. The predicted octanol–water partition coefficient (Wildman–Crippen LogP) is 5.89. The maximum atomic E-state index is 13.0. The average molecular weight is 494 g/mol. The molecule has 29 heavy (non-hydrogen) atoms. The van der Waals surface area contributed by atoms with Crippen LogP contribution in [0.4, 0.5) is 0 Å². The largest absolute Gasteiger partial charge is 0.508 e. The van der Waals surface area contributed by atoms with Crippen molar-refractivity contribution in [2.45, 2.75) is 4.75 Å². The van der Waals surface area contributed by atoms with Crippen LogP contribution in [0.15, 0.2) is 54.6 Å². The van der Waals surface area contributed by atoms with Crippen molar-refractivity contribution in [3.63, 3.8) is 0 Å². The molecule has 0 aliphatic rings. The molecule has 0 fully saturated rings. The van der Waals surface area contributed by atoms with E-state index in [1.165, 1.54) is 36.4 Å². The minimum Gasteiger partial charge on any atom is -0.508 e. The highest BCUT2D eigenvalue weighted by Gasteiger charge is 2.51. The number of benzene rings is 3. The van der Waals surface area contributed by atoms with Gasteiger partial charge in [-0.05, 0) is 42.0 Å². The van der Waals surface area contributed by atoms with Crippen LogP contribution in [0, 0.1) is 0 Å². The smallest absolute Gasteiger partial charge is 0.283 e. The van der Waals surface area contributed by atoms with Crippen molar-refractivity contribution in [1.82, 2.24) is 0 Å². The second kappa shape index (κ2) is 7.87. The molecule has 0 spiro atoms. The van der Waals surface area contributed by atoms with Crippen LogP contribution in [0.2, 0.25) is 20.1 Å². The summed E-state index contributed by atoms with van der Waals surface area (Å²) in [6, 6.07) is 11.3. The molecule has 3 rings (SSSR count). The molecule has 0 aliphatic heterocycles. The topological polar surface area (TPSA) is 94.8 Å². The maximum absolute atomic E-state index is 13.0. The summed E-state index contributed by atoms with van der Waals surface area (Å²) in [5.41, 5.74) is -0.464. The van der Waals surface area contributed by atoms with E-state index in [4.69, 9.17) is 46.4 Å². The Morgan fingerprint density at radius 3 is 2.00 bits per heavy atom. The number of hydrogen-bond acceptors (Lipinski definition) is 4. The van der Waals surface area contributed by atoms with Gasteiger partial charge in [-0.15, -0.1) is 0 Å². The molecule has 3 N–H and O–H groups in total. The summed E-state index contributed by atoms with van der Waals surface area (Å²) in [5.74, 6) is -0.924. The number of phenolic OH excluding ortho intramolecular Hbond substituents is 2. The third kappa shape index (κ3) is 3.77. The van der Waals surface area contributed by atoms with Gasteiger partial charge in [-0.1, -0.05) is 58.5 Å². The third-order valence-corrected chi connectivity index (χ3v) is 7.09. The molecule has 1 atom stereocenters. The van der Waals surface area contributed by atoms with E-state index in [-0.39, 0.29) is 42.5 Å². The molecule has 0 saturated heterocycles. The summed E-state index contributed by atoms with van der Waals surface area (Å²) in [7, 11) is -5.08. The van der Waals surface area contributed by atoms with Gasteiger partial charge in [0.25, 0.3) is 10.1 Å². The maximum Gasteiger partial charge on any atom is 0.283 e. The van der Waals surface area contributed by atoms with Gasteiger partial charge in [-0.3, -0.25) is 4.55 Å². The van der Waals surface area contributed by atoms with Crippen molar-refractivity contribution in [3.05, 3.63) is 91.4 Å². The van der Waals surface area contributed by atoms with Gasteiger partial charge < -0.3 is 10.2 Å². The van der Waals surface area contributed by atoms with Gasteiger partial charge in [-0.2, -0.15) is 8.42 Å². The Hall–Kier alpha value is -1.67. The molecule has 0 aromatic heterocycles. The van der Waals surface area contributed by atoms with Crippen LogP contribution in [0.1, 0.15) is 16.7 Å². The lowest BCUT2D eigenvalue weighted by atomic mass is 9.83. The van der Waals surface area contributed by atoms with Gasteiger partial charge >= 0.3 is 0 Å². The first kappa shape index (κ1) is 22.0. The van der Waals surface area contributed by atoms with Crippen LogP contribution < -0.4 is 0 Å². The standard InChI is InChI=1S/C19H12Cl4O5S/c20-11-3-1-2-10(6-11)19(29(26,27)28,13-5-4-12(24)7-18(13)25)14-8-16(22)17(23)9-15(14)21/h1-9,24-25H,(H,26,27,28). The first-order chi connectivity index (χ1) is 13.5. The molecule has 1 unspecified atom stereocenters. The lowest BCUT2D eigenvalue weighted by Crippen LogP contribution is -2.38. The molecule has 3 aromatic carbocycles. The zero-order chi connectivity index (χ0) is 21.6. The zero-order valence-electron chi connectivity index (χ0n) is 14.3. The minimum atomic E-state index is -5.08. The van der Waals surface area contributed by atoms with Crippen LogP contribution in [0.3, 0.4) is 0 Å². The first-order valence-corrected chi connectivity index (χ1v) is 10.8. The number of rotatable bonds is 4. The summed E-state index contributed by atoms with van der Waals surface area (Å²) in [4.78, 5) is 0. The van der Waals surface area contributed by atoms with Crippen LogP contribution in [-0.2, 0) is 14.9 Å². The van der Waals surface area contributed by atoms with Crippen molar-refractivity contribution >= 4 is 56.5 Å².